The van der Waals surface area contributed by atoms with Gasteiger partial charge in [-0.2, -0.15) is 0 Å². The molecule has 0 aliphatic heterocycles. The van der Waals surface area contributed by atoms with Gasteiger partial charge in [-0.05, 0) is 61.4 Å². The molecule has 1 heterocycles. The van der Waals surface area contributed by atoms with Gasteiger partial charge in [0, 0.05) is 10.0 Å². The highest BCUT2D eigenvalue weighted by atomic mass is 79.9. The first-order valence-electron chi connectivity index (χ1n) is 11.4. The summed E-state index contributed by atoms with van der Waals surface area (Å²) in [4.78, 5) is 17.7. The SMILES string of the molecule is C=CCc1ccc(OCCn2c(C(C)NC(=O)c3cccc(Br)c3)nc3ccccc32)c(OC)c1. The van der Waals surface area contributed by atoms with Crippen molar-refractivity contribution in [2.75, 3.05) is 13.7 Å². The third-order valence-electron chi connectivity index (χ3n) is 5.69. The number of carbonyl (C=O) groups is 1. The minimum Gasteiger partial charge on any atom is -0.493 e. The monoisotopic (exact) mass is 533 g/mol. The summed E-state index contributed by atoms with van der Waals surface area (Å²) in [5, 5.41) is 3.07. The number of para-hydroxylation sites is 2. The van der Waals surface area contributed by atoms with Crippen LogP contribution in [0.1, 0.15) is 34.7 Å². The van der Waals surface area contributed by atoms with E-state index in [1.807, 2.05) is 67.6 Å². The Morgan fingerprint density at radius 2 is 1.97 bits per heavy atom. The van der Waals surface area contributed by atoms with Crippen molar-refractivity contribution in [2.24, 2.45) is 0 Å². The van der Waals surface area contributed by atoms with Crippen molar-refractivity contribution < 1.29 is 14.3 Å². The molecule has 0 aliphatic rings. The number of hydrogen-bond donors (Lipinski definition) is 1. The molecule has 0 bridgehead atoms. The number of imidazole rings is 1. The van der Waals surface area contributed by atoms with Crippen LogP contribution < -0.4 is 14.8 Å². The third kappa shape index (κ3) is 5.74. The molecule has 35 heavy (non-hydrogen) atoms. The molecule has 4 aromatic rings. The fourth-order valence-corrected chi connectivity index (χ4v) is 4.40. The van der Waals surface area contributed by atoms with Crippen molar-refractivity contribution >= 4 is 32.9 Å². The topological polar surface area (TPSA) is 65.4 Å². The van der Waals surface area contributed by atoms with E-state index in [1.165, 1.54) is 0 Å². The van der Waals surface area contributed by atoms with Crippen molar-refractivity contribution in [1.82, 2.24) is 14.9 Å². The van der Waals surface area contributed by atoms with E-state index in [0.717, 1.165) is 33.3 Å². The maximum absolute atomic E-state index is 12.8. The lowest BCUT2D eigenvalue weighted by Crippen LogP contribution is -2.29. The summed E-state index contributed by atoms with van der Waals surface area (Å²) in [6.07, 6.45) is 2.63. The Hall–Kier alpha value is -3.58. The van der Waals surface area contributed by atoms with E-state index in [0.29, 0.717) is 30.2 Å². The van der Waals surface area contributed by atoms with Gasteiger partial charge in [0.05, 0.1) is 30.7 Å². The standard InChI is InChI=1S/C28H28BrN3O3/c1-4-8-20-13-14-25(26(17-20)34-3)35-16-15-32-24-12-6-5-11-23(24)31-27(32)19(2)30-28(33)21-9-7-10-22(29)18-21/h4-7,9-14,17-19H,1,8,15-16H2,2-3H3,(H,30,33). The molecule has 1 unspecified atom stereocenters. The average molecular weight is 534 g/mol. The summed E-state index contributed by atoms with van der Waals surface area (Å²) in [6, 6.07) is 20.9. The van der Waals surface area contributed by atoms with Gasteiger partial charge >= 0.3 is 0 Å². The molecule has 4 rings (SSSR count). The predicted molar refractivity (Wildman–Crippen MR) is 142 cm³/mol. The van der Waals surface area contributed by atoms with E-state index < -0.39 is 0 Å². The van der Waals surface area contributed by atoms with Gasteiger partial charge in [-0.25, -0.2) is 4.98 Å². The van der Waals surface area contributed by atoms with Crippen LogP contribution in [0.2, 0.25) is 0 Å². The van der Waals surface area contributed by atoms with Crippen LogP contribution in [0.25, 0.3) is 11.0 Å². The number of rotatable bonds is 10. The van der Waals surface area contributed by atoms with Crippen molar-refractivity contribution in [1.29, 1.82) is 0 Å². The normalized spacial score (nSPS) is 11.7. The second-order valence-electron chi connectivity index (χ2n) is 8.14. The molecular weight excluding hydrogens is 506 g/mol. The molecule has 0 saturated heterocycles. The molecular formula is C28H28BrN3O3. The van der Waals surface area contributed by atoms with Gasteiger partial charge < -0.3 is 19.4 Å². The van der Waals surface area contributed by atoms with Crippen LogP contribution in [-0.2, 0) is 13.0 Å². The average Bonchev–Trinajstić information content (AvgIpc) is 3.23. The van der Waals surface area contributed by atoms with Crippen LogP contribution in [0.15, 0.2) is 83.9 Å². The van der Waals surface area contributed by atoms with Gasteiger partial charge in [-0.15, -0.1) is 6.58 Å². The molecule has 7 heteroatoms. The quantitative estimate of drug-likeness (QED) is 0.250. The van der Waals surface area contributed by atoms with Gasteiger partial charge in [0.15, 0.2) is 11.5 Å². The predicted octanol–water partition coefficient (Wildman–Crippen LogP) is 6.11. The number of nitrogens with one attached hydrogen (secondary N) is 1. The highest BCUT2D eigenvalue weighted by molar-refractivity contribution is 9.10. The lowest BCUT2D eigenvalue weighted by atomic mass is 10.1. The lowest BCUT2D eigenvalue weighted by Gasteiger charge is -2.17. The maximum atomic E-state index is 12.8. The lowest BCUT2D eigenvalue weighted by molar-refractivity contribution is 0.0937. The van der Waals surface area contributed by atoms with Crippen molar-refractivity contribution in [3.05, 3.63) is 101 Å². The first kappa shape index (κ1) is 24.5. The fraction of sp³-hybridized carbons (Fsp3) is 0.214. The summed E-state index contributed by atoms with van der Waals surface area (Å²) < 4.78 is 14.6. The zero-order chi connectivity index (χ0) is 24.8. The van der Waals surface area contributed by atoms with E-state index in [9.17, 15) is 4.79 Å². The molecule has 3 aromatic carbocycles. The number of nitrogens with zero attached hydrogens (tertiary/aromatic N) is 2. The van der Waals surface area contributed by atoms with E-state index in [1.54, 1.807) is 19.2 Å². The van der Waals surface area contributed by atoms with Crippen molar-refractivity contribution in [3.63, 3.8) is 0 Å². The number of amides is 1. The number of carbonyl (C=O) groups excluding carboxylic acids is 1. The summed E-state index contributed by atoms with van der Waals surface area (Å²) in [5.74, 6) is 1.99. The van der Waals surface area contributed by atoms with Gasteiger partial charge in [-0.1, -0.05) is 46.3 Å². The Labute approximate surface area is 213 Å². The minimum atomic E-state index is -0.304. The molecule has 0 fully saturated rings. The molecule has 0 radical (unpaired) electrons. The number of halogens is 1. The number of allylic oxidation sites excluding steroid dienone is 1. The Morgan fingerprint density at radius 1 is 1.14 bits per heavy atom. The molecule has 1 amide bonds. The molecule has 1 aromatic heterocycles. The van der Waals surface area contributed by atoms with Crippen molar-refractivity contribution in [3.8, 4) is 11.5 Å². The van der Waals surface area contributed by atoms with Crippen molar-refractivity contribution in [2.45, 2.75) is 25.9 Å². The maximum Gasteiger partial charge on any atom is 0.251 e. The van der Waals surface area contributed by atoms with Crippen LogP contribution in [0.3, 0.4) is 0 Å². The Balaban J connectivity index is 1.53. The highest BCUT2D eigenvalue weighted by Gasteiger charge is 2.19. The van der Waals surface area contributed by atoms with E-state index in [4.69, 9.17) is 14.5 Å². The molecule has 1 atom stereocenters. The number of ether oxygens (including phenoxy) is 2. The molecule has 6 nitrogen and oxygen atoms in total. The zero-order valence-electron chi connectivity index (χ0n) is 19.8. The smallest absolute Gasteiger partial charge is 0.251 e. The summed E-state index contributed by atoms with van der Waals surface area (Å²) in [6.45, 7) is 6.70. The molecule has 0 spiro atoms. The Kier molecular flexibility index (Phi) is 7.87. The zero-order valence-corrected chi connectivity index (χ0v) is 21.4. The fourth-order valence-electron chi connectivity index (χ4n) is 4.01. The Morgan fingerprint density at radius 3 is 2.74 bits per heavy atom. The second kappa shape index (κ2) is 11.2. The number of hydrogen-bond acceptors (Lipinski definition) is 4. The van der Waals surface area contributed by atoms with E-state index in [-0.39, 0.29) is 11.9 Å². The van der Waals surface area contributed by atoms with Crippen LogP contribution in [0.4, 0.5) is 0 Å². The summed E-state index contributed by atoms with van der Waals surface area (Å²) >= 11 is 3.42. The number of aromatic nitrogens is 2. The molecule has 180 valence electrons. The first-order valence-corrected chi connectivity index (χ1v) is 12.2. The van der Waals surface area contributed by atoms with Crippen LogP contribution in [-0.4, -0.2) is 29.2 Å². The first-order chi connectivity index (χ1) is 17.0. The third-order valence-corrected chi connectivity index (χ3v) is 6.18. The summed E-state index contributed by atoms with van der Waals surface area (Å²) in [5.41, 5.74) is 3.56. The molecule has 1 N–H and O–H groups in total. The highest BCUT2D eigenvalue weighted by Crippen LogP contribution is 2.29. The summed E-state index contributed by atoms with van der Waals surface area (Å²) in [7, 11) is 1.64. The van der Waals surface area contributed by atoms with Gasteiger partial charge in [0.1, 0.15) is 12.4 Å². The Bertz CT molecular complexity index is 1350. The van der Waals surface area contributed by atoms with Crippen LogP contribution >= 0.6 is 15.9 Å². The van der Waals surface area contributed by atoms with E-state index in [2.05, 4.69) is 32.4 Å². The number of methoxy groups -OCH3 is 1. The van der Waals surface area contributed by atoms with Crippen LogP contribution in [0.5, 0.6) is 11.5 Å². The number of benzene rings is 3. The minimum absolute atomic E-state index is 0.155. The van der Waals surface area contributed by atoms with Gasteiger partial charge in [0.2, 0.25) is 0 Å². The molecule has 0 aliphatic carbocycles. The second-order valence-corrected chi connectivity index (χ2v) is 9.06. The largest absolute Gasteiger partial charge is 0.493 e. The number of fused-ring (bicyclic) bond motifs is 1. The van der Waals surface area contributed by atoms with Gasteiger partial charge in [-0.3, -0.25) is 4.79 Å². The van der Waals surface area contributed by atoms with Gasteiger partial charge in [0.25, 0.3) is 5.91 Å². The van der Waals surface area contributed by atoms with Crippen LogP contribution in [0, 0.1) is 0 Å². The van der Waals surface area contributed by atoms with E-state index >= 15 is 0 Å². The molecule has 0 saturated carbocycles.